The summed E-state index contributed by atoms with van der Waals surface area (Å²) in [6, 6.07) is 9.27. The molecule has 0 aliphatic carbocycles. The molecule has 19 heavy (non-hydrogen) atoms. The summed E-state index contributed by atoms with van der Waals surface area (Å²) in [5.74, 6) is 0.171. The summed E-state index contributed by atoms with van der Waals surface area (Å²) in [7, 11) is 0. The Morgan fingerprint density at radius 2 is 1.79 bits per heavy atom. The quantitative estimate of drug-likeness (QED) is 0.664. The lowest BCUT2D eigenvalue weighted by Gasteiger charge is -2.11. The zero-order valence-electron chi connectivity index (χ0n) is 9.91. The Morgan fingerprint density at radius 1 is 1.11 bits per heavy atom. The minimum absolute atomic E-state index is 0.217. The van der Waals surface area contributed by atoms with E-state index in [1.54, 1.807) is 6.07 Å². The average molecular weight is 388 g/mol. The summed E-state index contributed by atoms with van der Waals surface area (Å²) in [5, 5.41) is 0. The molecule has 0 saturated carbocycles. The number of benzene rings is 2. The minimum atomic E-state index is -0.465. The van der Waals surface area contributed by atoms with Crippen molar-refractivity contribution >= 4 is 37.6 Å². The Kier molecular flexibility index (Phi) is 4.37. The van der Waals surface area contributed by atoms with Crippen molar-refractivity contribution in [3.05, 3.63) is 56.7 Å². The van der Waals surface area contributed by atoms with Gasteiger partial charge in [-0.15, -0.1) is 0 Å². The fourth-order valence-corrected chi connectivity index (χ4v) is 2.67. The highest BCUT2D eigenvalue weighted by molar-refractivity contribution is 9.11. The van der Waals surface area contributed by atoms with Gasteiger partial charge in [0.25, 0.3) is 0 Å². The third kappa shape index (κ3) is 3.42. The van der Waals surface area contributed by atoms with Gasteiger partial charge in [0.2, 0.25) is 0 Å². The van der Waals surface area contributed by atoms with E-state index >= 15 is 0 Å². The standard InChI is InChI=1S/C14H9Br2FO2/c1-8(18)11-7-10(17)3-5-13(11)19-14-4-2-9(15)6-12(14)16/h2-7H,1H3. The molecule has 0 amide bonds. The molecule has 2 rings (SSSR count). The minimum Gasteiger partial charge on any atom is -0.455 e. The van der Waals surface area contributed by atoms with E-state index in [0.717, 1.165) is 8.95 Å². The first kappa shape index (κ1) is 14.2. The van der Waals surface area contributed by atoms with Crippen LogP contribution in [0.25, 0.3) is 0 Å². The molecule has 0 aromatic heterocycles. The molecule has 0 atom stereocenters. The number of hydrogen-bond acceptors (Lipinski definition) is 2. The summed E-state index contributed by atoms with van der Waals surface area (Å²) in [6.07, 6.45) is 0. The SMILES string of the molecule is CC(=O)c1cc(F)ccc1Oc1ccc(Br)cc1Br. The first-order valence-electron chi connectivity index (χ1n) is 5.41. The molecule has 0 spiro atoms. The predicted octanol–water partition coefficient (Wildman–Crippen LogP) is 5.35. The molecule has 0 heterocycles. The van der Waals surface area contributed by atoms with Gasteiger partial charge in [-0.25, -0.2) is 4.39 Å². The maximum atomic E-state index is 13.2. The number of ketones is 1. The van der Waals surface area contributed by atoms with Crippen LogP contribution in [0, 0.1) is 5.82 Å². The van der Waals surface area contributed by atoms with Gasteiger partial charge >= 0.3 is 0 Å². The van der Waals surface area contributed by atoms with Gasteiger partial charge in [0, 0.05) is 4.47 Å². The van der Waals surface area contributed by atoms with Crippen LogP contribution in [-0.2, 0) is 0 Å². The molecule has 0 fully saturated rings. The first-order chi connectivity index (χ1) is 8.97. The molecule has 98 valence electrons. The smallest absolute Gasteiger partial charge is 0.163 e. The van der Waals surface area contributed by atoms with Crippen LogP contribution in [0.15, 0.2) is 45.3 Å². The molecule has 2 nitrogen and oxygen atoms in total. The molecule has 2 aromatic carbocycles. The van der Waals surface area contributed by atoms with E-state index in [4.69, 9.17) is 4.74 Å². The highest BCUT2D eigenvalue weighted by Crippen LogP contribution is 2.33. The second-order valence-corrected chi connectivity index (χ2v) is 5.64. The number of halogens is 3. The summed E-state index contributed by atoms with van der Waals surface area (Å²) >= 11 is 6.71. The Bertz CT molecular complexity index is 641. The van der Waals surface area contributed by atoms with Crippen molar-refractivity contribution in [3.63, 3.8) is 0 Å². The second kappa shape index (κ2) is 5.84. The summed E-state index contributed by atoms with van der Waals surface area (Å²) in [5.41, 5.74) is 0.217. The van der Waals surface area contributed by atoms with Crippen LogP contribution in [0.5, 0.6) is 11.5 Å². The predicted molar refractivity (Wildman–Crippen MR) is 78.3 cm³/mol. The van der Waals surface area contributed by atoms with E-state index in [1.165, 1.54) is 25.1 Å². The van der Waals surface area contributed by atoms with Gasteiger partial charge in [-0.05, 0) is 59.3 Å². The molecular formula is C14H9Br2FO2. The van der Waals surface area contributed by atoms with Crippen LogP contribution in [0.3, 0.4) is 0 Å². The molecule has 0 N–H and O–H groups in total. The van der Waals surface area contributed by atoms with Crippen LogP contribution in [0.4, 0.5) is 4.39 Å². The van der Waals surface area contributed by atoms with Gasteiger partial charge in [0.15, 0.2) is 5.78 Å². The summed E-state index contributed by atoms with van der Waals surface area (Å²) in [4.78, 5) is 11.5. The van der Waals surface area contributed by atoms with Crippen molar-refractivity contribution in [1.82, 2.24) is 0 Å². The van der Waals surface area contributed by atoms with Crippen molar-refractivity contribution in [1.29, 1.82) is 0 Å². The van der Waals surface area contributed by atoms with Gasteiger partial charge in [0.1, 0.15) is 17.3 Å². The van der Waals surface area contributed by atoms with Crippen molar-refractivity contribution in [3.8, 4) is 11.5 Å². The normalized spacial score (nSPS) is 10.3. The van der Waals surface area contributed by atoms with Gasteiger partial charge in [0.05, 0.1) is 10.0 Å². The molecule has 0 radical (unpaired) electrons. The van der Waals surface area contributed by atoms with E-state index < -0.39 is 5.82 Å². The maximum Gasteiger partial charge on any atom is 0.163 e. The van der Waals surface area contributed by atoms with E-state index in [-0.39, 0.29) is 11.3 Å². The van der Waals surface area contributed by atoms with E-state index in [1.807, 2.05) is 12.1 Å². The Balaban J connectivity index is 2.40. The van der Waals surface area contributed by atoms with Gasteiger partial charge < -0.3 is 4.74 Å². The second-order valence-electron chi connectivity index (χ2n) is 3.87. The third-order valence-corrected chi connectivity index (χ3v) is 3.55. The Morgan fingerprint density at radius 3 is 2.42 bits per heavy atom. The van der Waals surface area contributed by atoms with Crippen molar-refractivity contribution < 1.29 is 13.9 Å². The van der Waals surface area contributed by atoms with Crippen LogP contribution in [0.2, 0.25) is 0 Å². The van der Waals surface area contributed by atoms with Crippen molar-refractivity contribution in [2.45, 2.75) is 6.92 Å². The zero-order valence-corrected chi connectivity index (χ0v) is 13.1. The van der Waals surface area contributed by atoms with Crippen LogP contribution >= 0.6 is 31.9 Å². The molecule has 0 aliphatic rings. The van der Waals surface area contributed by atoms with Gasteiger partial charge in [-0.2, -0.15) is 0 Å². The number of carbonyl (C=O) groups excluding carboxylic acids is 1. The van der Waals surface area contributed by atoms with Crippen molar-refractivity contribution in [2.24, 2.45) is 0 Å². The number of hydrogen-bond donors (Lipinski definition) is 0. The van der Waals surface area contributed by atoms with Crippen LogP contribution in [0.1, 0.15) is 17.3 Å². The zero-order chi connectivity index (χ0) is 14.0. The number of rotatable bonds is 3. The summed E-state index contributed by atoms with van der Waals surface area (Å²) < 4.78 is 20.4. The van der Waals surface area contributed by atoms with E-state index in [0.29, 0.717) is 11.5 Å². The molecular weight excluding hydrogens is 379 g/mol. The van der Waals surface area contributed by atoms with Crippen LogP contribution < -0.4 is 4.74 Å². The Hall–Kier alpha value is -1.20. The highest BCUT2D eigenvalue weighted by Gasteiger charge is 2.12. The number of ether oxygens (including phenoxy) is 1. The molecule has 2 aromatic rings. The highest BCUT2D eigenvalue weighted by atomic mass is 79.9. The van der Waals surface area contributed by atoms with E-state index in [9.17, 15) is 9.18 Å². The maximum absolute atomic E-state index is 13.2. The van der Waals surface area contributed by atoms with Crippen molar-refractivity contribution in [2.75, 3.05) is 0 Å². The monoisotopic (exact) mass is 386 g/mol. The average Bonchev–Trinajstić information content (AvgIpc) is 2.34. The van der Waals surface area contributed by atoms with Gasteiger partial charge in [-0.3, -0.25) is 4.79 Å². The molecule has 0 saturated heterocycles. The first-order valence-corrected chi connectivity index (χ1v) is 6.99. The van der Waals surface area contributed by atoms with Crippen LogP contribution in [-0.4, -0.2) is 5.78 Å². The number of Topliss-reactive ketones (excluding diaryl/α,β-unsaturated/α-hetero) is 1. The molecule has 5 heteroatoms. The summed E-state index contributed by atoms with van der Waals surface area (Å²) in [6.45, 7) is 1.37. The molecule has 0 bridgehead atoms. The largest absolute Gasteiger partial charge is 0.455 e. The lowest BCUT2D eigenvalue weighted by molar-refractivity contribution is 0.101. The topological polar surface area (TPSA) is 26.3 Å². The van der Waals surface area contributed by atoms with Gasteiger partial charge in [-0.1, -0.05) is 15.9 Å². The fraction of sp³-hybridized carbons (Fsp3) is 0.0714. The molecule has 0 aliphatic heterocycles. The van der Waals surface area contributed by atoms with E-state index in [2.05, 4.69) is 31.9 Å². The Labute approximate surface area is 126 Å². The lowest BCUT2D eigenvalue weighted by atomic mass is 10.1. The fourth-order valence-electron chi connectivity index (χ4n) is 1.54. The lowest BCUT2D eigenvalue weighted by Crippen LogP contribution is -1.98. The number of carbonyl (C=O) groups is 1. The third-order valence-electron chi connectivity index (χ3n) is 2.43. The molecule has 0 unspecified atom stereocenters.